The van der Waals surface area contributed by atoms with Crippen molar-refractivity contribution in [2.24, 2.45) is 4.99 Å². The van der Waals surface area contributed by atoms with E-state index in [-0.39, 0.29) is 0 Å². The zero-order valence-electron chi connectivity index (χ0n) is 9.45. The van der Waals surface area contributed by atoms with E-state index in [2.05, 4.69) is 15.0 Å². The molecule has 0 aromatic carbocycles. The fraction of sp³-hybridized carbons (Fsp3) is 0.250. The lowest BCUT2D eigenvalue weighted by molar-refractivity contribution is 0.415. The minimum Gasteiger partial charge on any atom is -0.494 e. The number of aliphatic imine (C=N–C) groups is 1. The predicted molar refractivity (Wildman–Crippen MR) is 65.3 cm³/mol. The van der Waals surface area contributed by atoms with Crippen LogP contribution in [0.25, 0.3) is 11.4 Å². The molecule has 0 amide bonds. The van der Waals surface area contributed by atoms with E-state index in [4.69, 9.17) is 4.74 Å². The Morgan fingerprint density at radius 3 is 2.94 bits per heavy atom. The van der Waals surface area contributed by atoms with Gasteiger partial charge < -0.3 is 14.7 Å². The number of hydrogen-bond acceptors (Lipinski definition) is 2. The molecule has 0 unspecified atom stereocenters. The average Bonchev–Trinajstić information content (AvgIpc) is 2.94. The van der Waals surface area contributed by atoms with Crippen LogP contribution in [0, 0.1) is 0 Å². The second-order valence-electron chi connectivity index (χ2n) is 3.38. The third kappa shape index (κ3) is 2.00. The normalized spacial score (nSPS) is 11.1. The molecule has 0 bridgehead atoms. The molecule has 0 aliphatic carbocycles. The van der Waals surface area contributed by atoms with Gasteiger partial charge in [-0.05, 0) is 19.1 Å². The molecule has 0 aliphatic heterocycles. The van der Waals surface area contributed by atoms with Gasteiger partial charge >= 0.3 is 0 Å². The molecule has 2 rings (SSSR count). The first-order valence-corrected chi connectivity index (χ1v) is 5.25. The first-order valence-electron chi connectivity index (χ1n) is 5.25. The Morgan fingerprint density at radius 1 is 1.44 bits per heavy atom. The van der Waals surface area contributed by atoms with E-state index >= 15 is 0 Å². The maximum atomic E-state index is 5.28. The van der Waals surface area contributed by atoms with Gasteiger partial charge in [-0.2, -0.15) is 0 Å². The standard InChI is InChI=1S/C12H15N3O/c1-3-13-8-11-12(16-2)7-10(15-11)9-5-4-6-14-9/h4-8,14-15H,3H2,1-2H3. The topological polar surface area (TPSA) is 53.2 Å². The van der Waals surface area contributed by atoms with Crippen molar-refractivity contribution in [1.82, 2.24) is 9.97 Å². The minimum absolute atomic E-state index is 0.764. The van der Waals surface area contributed by atoms with Gasteiger partial charge in [0.15, 0.2) is 0 Å². The zero-order valence-corrected chi connectivity index (χ0v) is 9.45. The highest BCUT2D eigenvalue weighted by Gasteiger charge is 2.08. The van der Waals surface area contributed by atoms with E-state index in [9.17, 15) is 0 Å². The van der Waals surface area contributed by atoms with Crippen LogP contribution >= 0.6 is 0 Å². The van der Waals surface area contributed by atoms with Crippen molar-refractivity contribution in [2.75, 3.05) is 13.7 Å². The van der Waals surface area contributed by atoms with E-state index in [0.29, 0.717) is 0 Å². The summed E-state index contributed by atoms with van der Waals surface area (Å²) < 4.78 is 5.28. The highest BCUT2D eigenvalue weighted by molar-refractivity contribution is 5.83. The number of aromatic nitrogens is 2. The highest BCUT2D eigenvalue weighted by Crippen LogP contribution is 2.24. The molecule has 2 aromatic rings. The monoisotopic (exact) mass is 217 g/mol. The van der Waals surface area contributed by atoms with Crippen LogP contribution in [-0.2, 0) is 0 Å². The van der Waals surface area contributed by atoms with Gasteiger partial charge in [-0.25, -0.2) is 0 Å². The number of nitrogens with one attached hydrogen (secondary N) is 2. The Balaban J connectivity index is 2.36. The Bertz CT molecular complexity index is 468. The van der Waals surface area contributed by atoms with Crippen LogP contribution in [-0.4, -0.2) is 29.8 Å². The maximum Gasteiger partial charge on any atom is 0.146 e. The summed E-state index contributed by atoms with van der Waals surface area (Å²) in [5, 5.41) is 0. The summed E-state index contributed by atoms with van der Waals surface area (Å²) in [6, 6.07) is 5.93. The van der Waals surface area contributed by atoms with Gasteiger partial charge in [-0.1, -0.05) is 0 Å². The zero-order chi connectivity index (χ0) is 11.4. The molecular formula is C12H15N3O. The van der Waals surface area contributed by atoms with Gasteiger partial charge in [0, 0.05) is 25.0 Å². The van der Waals surface area contributed by atoms with Crippen molar-refractivity contribution in [3.63, 3.8) is 0 Å². The first kappa shape index (κ1) is 10.5. The fourth-order valence-electron chi connectivity index (χ4n) is 1.54. The van der Waals surface area contributed by atoms with Gasteiger partial charge in [0.25, 0.3) is 0 Å². The molecule has 4 heteroatoms. The van der Waals surface area contributed by atoms with Crippen molar-refractivity contribution in [1.29, 1.82) is 0 Å². The Labute approximate surface area is 94.4 Å². The smallest absolute Gasteiger partial charge is 0.146 e. The van der Waals surface area contributed by atoms with Crippen LogP contribution in [0.2, 0.25) is 0 Å². The van der Waals surface area contributed by atoms with Crippen LogP contribution in [0.5, 0.6) is 5.75 Å². The third-order valence-electron chi connectivity index (χ3n) is 2.32. The summed E-state index contributed by atoms with van der Waals surface area (Å²) in [7, 11) is 1.66. The van der Waals surface area contributed by atoms with E-state index in [0.717, 1.165) is 29.4 Å². The Morgan fingerprint density at radius 2 is 2.31 bits per heavy atom. The molecule has 84 valence electrons. The van der Waals surface area contributed by atoms with Crippen LogP contribution in [0.4, 0.5) is 0 Å². The quantitative estimate of drug-likeness (QED) is 0.759. The molecule has 0 aliphatic rings. The summed E-state index contributed by atoms with van der Waals surface area (Å²) >= 11 is 0. The number of methoxy groups -OCH3 is 1. The molecule has 2 N–H and O–H groups in total. The maximum absolute atomic E-state index is 5.28. The van der Waals surface area contributed by atoms with Gasteiger partial charge in [0.2, 0.25) is 0 Å². The SMILES string of the molecule is CCN=Cc1[nH]c(-c2ccc[nH]2)cc1OC. The summed E-state index contributed by atoms with van der Waals surface area (Å²) in [4.78, 5) is 10.6. The first-order chi connectivity index (χ1) is 7.85. The number of aromatic amines is 2. The van der Waals surface area contributed by atoms with Crippen LogP contribution in [0.1, 0.15) is 12.6 Å². The molecule has 0 atom stereocenters. The lowest BCUT2D eigenvalue weighted by Gasteiger charge is -1.94. The largest absolute Gasteiger partial charge is 0.494 e. The van der Waals surface area contributed by atoms with Gasteiger partial charge in [0.1, 0.15) is 5.75 Å². The second kappa shape index (κ2) is 4.70. The summed E-state index contributed by atoms with van der Waals surface area (Å²) in [6.45, 7) is 2.76. The number of rotatable bonds is 4. The number of nitrogens with zero attached hydrogens (tertiary/aromatic N) is 1. The lowest BCUT2D eigenvalue weighted by atomic mass is 10.3. The molecular weight excluding hydrogens is 202 g/mol. The molecule has 2 heterocycles. The summed E-state index contributed by atoms with van der Waals surface area (Å²) in [6.07, 6.45) is 3.69. The minimum atomic E-state index is 0.764. The molecule has 0 radical (unpaired) electrons. The van der Waals surface area contributed by atoms with Crippen molar-refractivity contribution in [3.05, 3.63) is 30.1 Å². The van der Waals surface area contributed by atoms with E-state index < -0.39 is 0 Å². The third-order valence-corrected chi connectivity index (χ3v) is 2.32. The molecule has 0 fully saturated rings. The molecule has 0 saturated heterocycles. The van der Waals surface area contributed by atoms with Crippen LogP contribution in [0.3, 0.4) is 0 Å². The summed E-state index contributed by atoms with van der Waals surface area (Å²) in [5.41, 5.74) is 2.93. The van der Waals surface area contributed by atoms with Crippen molar-refractivity contribution < 1.29 is 4.74 Å². The van der Waals surface area contributed by atoms with Gasteiger partial charge in [-0.15, -0.1) is 0 Å². The van der Waals surface area contributed by atoms with Crippen LogP contribution in [0.15, 0.2) is 29.4 Å². The average molecular weight is 217 g/mol. The summed E-state index contributed by atoms with van der Waals surface area (Å²) in [5.74, 6) is 0.807. The van der Waals surface area contributed by atoms with Crippen molar-refractivity contribution >= 4 is 6.21 Å². The molecule has 0 spiro atoms. The van der Waals surface area contributed by atoms with E-state index in [1.54, 1.807) is 13.3 Å². The molecule has 16 heavy (non-hydrogen) atoms. The predicted octanol–water partition coefficient (Wildman–Crippen LogP) is 2.46. The molecule has 4 nitrogen and oxygen atoms in total. The van der Waals surface area contributed by atoms with Crippen molar-refractivity contribution in [2.45, 2.75) is 6.92 Å². The molecule has 0 saturated carbocycles. The van der Waals surface area contributed by atoms with Gasteiger partial charge in [0.05, 0.1) is 24.2 Å². The van der Waals surface area contributed by atoms with Crippen molar-refractivity contribution in [3.8, 4) is 17.1 Å². The van der Waals surface area contributed by atoms with Gasteiger partial charge in [-0.3, -0.25) is 4.99 Å². The highest BCUT2D eigenvalue weighted by atomic mass is 16.5. The second-order valence-corrected chi connectivity index (χ2v) is 3.38. The lowest BCUT2D eigenvalue weighted by Crippen LogP contribution is -1.88. The number of ether oxygens (including phenoxy) is 1. The van der Waals surface area contributed by atoms with E-state index in [1.165, 1.54) is 0 Å². The van der Waals surface area contributed by atoms with Crippen LogP contribution < -0.4 is 4.74 Å². The fourth-order valence-corrected chi connectivity index (χ4v) is 1.54. The number of hydrogen-bond donors (Lipinski definition) is 2. The van der Waals surface area contributed by atoms with E-state index in [1.807, 2.05) is 31.3 Å². The Hall–Kier alpha value is -1.97. The molecule has 2 aromatic heterocycles. The number of H-pyrrole nitrogens is 2. The Kier molecular flexibility index (Phi) is 3.10.